The summed E-state index contributed by atoms with van der Waals surface area (Å²) in [4.78, 5) is 28.8. The molecule has 6 nitrogen and oxygen atoms in total. The zero-order chi connectivity index (χ0) is 22.8. The van der Waals surface area contributed by atoms with Crippen LogP contribution >= 0.6 is 0 Å². The molecule has 4 rings (SSSR count). The van der Waals surface area contributed by atoms with E-state index in [0.29, 0.717) is 12.1 Å². The van der Waals surface area contributed by atoms with Crippen molar-refractivity contribution in [3.8, 4) is 0 Å². The maximum Gasteiger partial charge on any atom is 0.258 e. The highest BCUT2D eigenvalue weighted by Gasteiger charge is 2.55. The quantitative estimate of drug-likeness (QED) is 0.696. The summed E-state index contributed by atoms with van der Waals surface area (Å²) >= 11 is 0. The third kappa shape index (κ3) is 3.91. The Balaban J connectivity index is 1.68. The molecule has 170 valence electrons. The Morgan fingerprint density at radius 3 is 2.66 bits per heavy atom. The van der Waals surface area contributed by atoms with Gasteiger partial charge < -0.3 is 15.0 Å². The van der Waals surface area contributed by atoms with Gasteiger partial charge in [-0.2, -0.15) is 0 Å². The van der Waals surface area contributed by atoms with Crippen molar-refractivity contribution in [1.82, 2.24) is 14.8 Å². The highest BCUT2D eigenvalue weighted by molar-refractivity contribution is 5.80. The van der Waals surface area contributed by atoms with E-state index in [0.717, 1.165) is 24.2 Å². The molecule has 2 aliphatic heterocycles. The topological polar surface area (TPSA) is 74.6 Å². The average Bonchev–Trinajstić information content (AvgIpc) is 3.00. The molecule has 0 aliphatic carbocycles. The number of aliphatic hydroxyl groups is 1. The number of allylic oxidation sites excluding steroid dienone is 1. The summed E-state index contributed by atoms with van der Waals surface area (Å²) in [5, 5.41) is 13.3. The molecule has 2 N–H and O–H groups in total. The highest BCUT2D eigenvalue weighted by Crippen LogP contribution is 2.48. The van der Waals surface area contributed by atoms with Gasteiger partial charge in [0.25, 0.3) is 5.56 Å². The molecule has 1 fully saturated rings. The number of amides is 1. The number of hydrogen-bond acceptors (Lipinski definition) is 4. The lowest BCUT2D eigenvalue weighted by molar-refractivity contribution is -0.127. The maximum absolute atomic E-state index is 13.4. The lowest BCUT2D eigenvalue weighted by Gasteiger charge is -2.38. The summed E-state index contributed by atoms with van der Waals surface area (Å²) in [5.41, 5.74) is 2.19. The van der Waals surface area contributed by atoms with Crippen LogP contribution in [0.4, 0.5) is 4.39 Å². The summed E-state index contributed by atoms with van der Waals surface area (Å²) in [5.74, 6) is -1.22. The maximum atomic E-state index is 13.4. The van der Waals surface area contributed by atoms with Crippen LogP contribution in [0, 0.1) is 17.7 Å². The smallest absolute Gasteiger partial charge is 0.258 e. The second-order valence-electron chi connectivity index (χ2n) is 8.60. The first-order valence-electron chi connectivity index (χ1n) is 11.2. The molecule has 4 atom stereocenters. The Morgan fingerprint density at radius 1 is 1.25 bits per heavy atom. The average molecular weight is 440 g/mol. The Bertz CT molecular complexity index is 1060. The van der Waals surface area contributed by atoms with Crippen molar-refractivity contribution in [2.45, 2.75) is 45.4 Å². The molecule has 2 aliphatic rings. The minimum atomic E-state index is -0.474. The summed E-state index contributed by atoms with van der Waals surface area (Å²) in [6, 6.07) is 9.44. The Hall–Kier alpha value is -2.77. The number of nitrogens with zero attached hydrogens (tertiary/aromatic N) is 2. The third-order valence-corrected chi connectivity index (χ3v) is 6.71. The second kappa shape index (κ2) is 9.38. The molecular weight excluding hydrogens is 409 g/mol. The van der Waals surface area contributed by atoms with Crippen LogP contribution in [0.15, 0.2) is 47.3 Å². The fourth-order valence-corrected chi connectivity index (χ4v) is 5.32. The van der Waals surface area contributed by atoms with Gasteiger partial charge in [-0.15, -0.1) is 0 Å². The number of fused-ring (bicyclic) bond motifs is 4. The number of rotatable bonds is 7. The van der Waals surface area contributed by atoms with E-state index >= 15 is 0 Å². The summed E-state index contributed by atoms with van der Waals surface area (Å²) in [7, 11) is 0. The third-order valence-electron chi connectivity index (χ3n) is 6.71. The molecule has 1 saturated heterocycles. The molecule has 3 heterocycles. The van der Waals surface area contributed by atoms with Crippen LogP contribution in [0.3, 0.4) is 0 Å². The number of benzene rings is 1. The lowest BCUT2D eigenvalue weighted by atomic mass is 9.86. The van der Waals surface area contributed by atoms with Gasteiger partial charge in [-0.25, -0.2) is 4.39 Å². The van der Waals surface area contributed by atoms with Crippen LogP contribution < -0.4 is 10.9 Å². The summed E-state index contributed by atoms with van der Waals surface area (Å²) < 4.78 is 15.0. The van der Waals surface area contributed by atoms with E-state index in [1.165, 1.54) is 12.1 Å². The van der Waals surface area contributed by atoms with Crippen molar-refractivity contribution in [3.63, 3.8) is 0 Å². The molecule has 7 heteroatoms. The number of halogens is 1. The van der Waals surface area contributed by atoms with E-state index < -0.39 is 5.92 Å². The van der Waals surface area contributed by atoms with E-state index in [4.69, 9.17) is 0 Å². The zero-order valence-electron chi connectivity index (χ0n) is 18.5. The minimum Gasteiger partial charge on any atom is -0.396 e. The van der Waals surface area contributed by atoms with Crippen molar-refractivity contribution in [2.24, 2.45) is 11.8 Å². The first kappa shape index (κ1) is 22.4. The van der Waals surface area contributed by atoms with Crippen LogP contribution in [-0.4, -0.2) is 39.7 Å². The van der Waals surface area contributed by atoms with Gasteiger partial charge in [-0.3, -0.25) is 14.5 Å². The monoisotopic (exact) mass is 439 g/mol. The number of carbonyl (C=O) groups is 1. The van der Waals surface area contributed by atoms with Gasteiger partial charge >= 0.3 is 0 Å². The lowest BCUT2D eigenvalue weighted by Crippen LogP contribution is -2.47. The molecule has 0 spiro atoms. The molecule has 2 bridgehead atoms. The van der Waals surface area contributed by atoms with Crippen LogP contribution in [0.1, 0.15) is 43.1 Å². The van der Waals surface area contributed by atoms with Gasteiger partial charge in [0, 0.05) is 42.9 Å². The number of pyridine rings is 1. The molecule has 0 radical (unpaired) electrons. The van der Waals surface area contributed by atoms with Gasteiger partial charge in [-0.1, -0.05) is 31.2 Å². The zero-order valence-corrected chi connectivity index (χ0v) is 18.5. The second-order valence-corrected chi connectivity index (χ2v) is 8.60. The number of nitrogens with one attached hydrogen (secondary N) is 1. The van der Waals surface area contributed by atoms with Crippen molar-refractivity contribution >= 4 is 12.0 Å². The molecule has 0 saturated carbocycles. The number of aliphatic hydroxyl groups excluding tert-OH is 1. The number of carbonyl (C=O) groups excluding carboxylic acids is 1. The Kier molecular flexibility index (Phi) is 6.58. The summed E-state index contributed by atoms with van der Waals surface area (Å²) in [6.45, 7) is 5.38. The minimum absolute atomic E-state index is 0.0594. The predicted octanol–water partition coefficient (Wildman–Crippen LogP) is 2.71. The SMILES string of the molecule is CC=Cc1ccc2n(c1=O)C[C@@H]1[C@@H](CO)[C@H](C(=O)NCc3ccc(F)cc3)[C@H]2N1CCC. The first-order chi connectivity index (χ1) is 15.5. The van der Waals surface area contributed by atoms with Crippen LogP contribution in [0.2, 0.25) is 0 Å². The van der Waals surface area contributed by atoms with Gasteiger partial charge in [0.1, 0.15) is 5.82 Å². The fourth-order valence-electron chi connectivity index (χ4n) is 5.32. The molecule has 1 amide bonds. The first-order valence-corrected chi connectivity index (χ1v) is 11.2. The molecule has 32 heavy (non-hydrogen) atoms. The Morgan fingerprint density at radius 2 is 2.00 bits per heavy atom. The molecule has 1 aromatic carbocycles. The number of aromatic nitrogens is 1. The van der Waals surface area contributed by atoms with Crippen LogP contribution in [-0.2, 0) is 17.9 Å². The van der Waals surface area contributed by atoms with Gasteiger partial charge in [-0.05, 0) is 49.7 Å². The standard InChI is InChI=1S/C25H30FN3O3/c1-3-5-17-8-11-20-23-22(24(31)27-13-16-6-9-18(26)10-7-16)19(15-30)21(28(23)12-4-2)14-29(20)25(17)32/h3,5-11,19,21-23,30H,4,12-15H2,1-2H3,(H,27,31)/t19-,21-,22+,23+/m1/s1. The fraction of sp³-hybridized carbons (Fsp3) is 0.440. The van der Waals surface area contributed by atoms with E-state index in [9.17, 15) is 19.1 Å². The van der Waals surface area contributed by atoms with E-state index in [1.807, 2.05) is 25.1 Å². The van der Waals surface area contributed by atoms with E-state index in [-0.39, 0.29) is 48.4 Å². The molecule has 0 unspecified atom stereocenters. The van der Waals surface area contributed by atoms with Gasteiger partial charge in [0.2, 0.25) is 5.91 Å². The Labute approximate surface area is 187 Å². The predicted molar refractivity (Wildman–Crippen MR) is 121 cm³/mol. The number of hydrogen-bond donors (Lipinski definition) is 2. The van der Waals surface area contributed by atoms with E-state index in [2.05, 4.69) is 17.1 Å². The molecular formula is C25H30FN3O3. The largest absolute Gasteiger partial charge is 0.396 e. The molecule has 1 aromatic heterocycles. The normalized spacial score (nSPS) is 24.6. The van der Waals surface area contributed by atoms with Gasteiger partial charge in [0.15, 0.2) is 0 Å². The van der Waals surface area contributed by atoms with Crippen LogP contribution in [0.5, 0.6) is 0 Å². The molecule has 2 aromatic rings. The van der Waals surface area contributed by atoms with Crippen molar-refractivity contribution in [1.29, 1.82) is 0 Å². The van der Waals surface area contributed by atoms with E-state index in [1.54, 1.807) is 22.8 Å². The van der Waals surface area contributed by atoms with Crippen molar-refractivity contribution < 1.29 is 14.3 Å². The van der Waals surface area contributed by atoms with Crippen molar-refractivity contribution in [2.75, 3.05) is 13.2 Å². The highest BCUT2D eigenvalue weighted by atomic mass is 19.1. The van der Waals surface area contributed by atoms with Crippen molar-refractivity contribution in [3.05, 3.63) is 75.5 Å². The summed E-state index contributed by atoms with van der Waals surface area (Å²) in [6.07, 6.45) is 4.55. The van der Waals surface area contributed by atoms with Crippen LogP contribution in [0.25, 0.3) is 6.08 Å². The van der Waals surface area contributed by atoms with Gasteiger partial charge in [0.05, 0.1) is 12.0 Å².